The van der Waals surface area contributed by atoms with E-state index in [2.05, 4.69) is 4.98 Å². The van der Waals surface area contributed by atoms with E-state index in [1.54, 1.807) is 12.3 Å². The summed E-state index contributed by atoms with van der Waals surface area (Å²) in [5.74, 6) is 1.71. The number of nitrogen functional groups attached to an aromatic ring is 1. The minimum atomic E-state index is 0. The molecular weight excluding hydrogens is 274 g/mol. The van der Waals surface area contributed by atoms with E-state index < -0.39 is 0 Å². The van der Waals surface area contributed by atoms with E-state index in [1.807, 2.05) is 11.0 Å². The molecule has 1 aliphatic heterocycles. The molecule has 1 aromatic heterocycles. The van der Waals surface area contributed by atoms with E-state index in [9.17, 15) is 4.79 Å². The first-order valence-corrected chi connectivity index (χ1v) is 7.20. The first kappa shape index (κ1) is 15.1. The van der Waals surface area contributed by atoms with Crippen LogP contribution >= 0.6 is 12.4 Å². The van der Waals surface area contributed by atoms with Gasteiger partial charge in [-0.1, -0.05) is 12.8 Å². The van der Waals surface area contributed by atoms with Gasteiger partial charge in [0.05, 0.1) is 18.3 Å². The van der Waals surface area contributed by atoms with Crippen LogP contribution in [0, 0.1) is 11.8 Å². The summed E-state index contributed by atoms with van der Waals surface area (Å²) in [4.78, 5) is 18.5. The number of carbonyl (C=O) groups excluding carboxylic acids is 1. The summed E-state index contributed by atoms with van der Waals surface area (Å²) < 4.78 is 0. The number of rotatable bonds is 2. The Morgan fingerprint density at radius 2 is 1.90 bits per heavy atom. The summed E-state index contributed by atoms with van der Waals surface area (Å²) >= 11 is 0. The van der Waals surface area contributed by atoms with Crippen LogP contribution in [-0.2, 0) is 11.2 Å². The average Bonchev–Trinajstić information content (AvgIpc) is 2.85. The topological polar surface area (TPSA) is 59.2 Å². The summed E-state index contributed by atoms with van der Waals surface area (Å²) in [7, 11) is 0. The Morgan fingerprint density at radius 3 is 2.45 bits per heavy atom. The highest BCUT2D eigenvalue weighted by Gasteiger charge is 2.36. The summed E-state index contributed by atoms with van der Waals surface area (Å²) in [5, 5.41) is 0. The molecule has 2 heterocycles. The molecular formula is C15H22ClN3O. The van der Waals surface area contributed by atoms with Crippen molar-refractivity contribution in [1.29, 1.82) is 0 Å². The van der Waals surface area contributed by atoms with Crippen molar-refractivity contribution in [2.45, 2.75) is 32.1 Å². The van der Waals surface area contributed by atoms with Crippen LogP contribution in [0.1, 0.15) is 31.4 Å². The molecule has 1 saturated heterocycles. The Labute approximate surface area is 126 Å². The maximum absolute atomic E-state index is 12.3. The third kappa shape index (κ3) is 3.23. The van der Waals surface area contributed by atoms with Gasteiger partial charge in [0.15, 0.2) is 0 Å². The molecule has 1 saturated carbocycles. The molecule has 0 spiro atoms. The van der Waals surface area contributed by atoms with Crippen LogP contribution in [0.4, 0.5) is 5.69 Å². The number of aromatic nitrogens is 1. The molecule has 4 nitrogen and oxygen atoms in total. The lowest BCUT2D eigenvalue weighted by Crippen LogP contribution is -2.30. The monoisotopic (exact) mass is 295 g/mol. The number of fused-ring (bicyclic) bond motifs is 1. The lowest BCUT2D eigenvalue weighted by Gasteiger charge is -2.22. The van der Waals surface area contributed by atoms with Crippen LogP contribution in [0.2, 0.25) is 0 Å². The van der Waals surface area contributed by atoms with Gasteiger partial charge in [0.1, 0.15) is 0 Å². The highest BCUT2D eigenvalue weighted by atomic mass is 35.5. The summed E-state index contributed by atoms with van der Waals surface area (Å²) in [6, 6.07) is 3.65. The molecule has 2 aliphatic rings. The Bertz CT molecular complexity index is 449. The van der Waals surface area contributed by atoms with Gasteiger partial charge in [0.25, 0.3) is 0 Å². The number of nitrogens with two attached hydrogens (primary N) is 1. The molecule has 1 aromatic rings. The zero-order chi connectivity index (χ0) is 13.2. The van der Waals surface area contributed by atoms with Crippen LogP contribution in [0.5, 0.6) is 0 Å². The fourth-order valence-electron chi connectivity index (χ4n) is 3.42. The molecule has 3 rings (SSSR count). The average molecular weight is 296 g/mol. The molecule has 110 valence electrons. The number of pyridine rings is 1. The number of hydrogen-bond acceptors (Lipinski definition) is 3. The maximum Gasteiger partial charge on any atom is 0.228 e. The second kappa shape index (κ2) is 6.44. The van der Waals surface area contributed by atoms with Gasteiger partial charge >= 0.3 is 0 Å². The van der Waals surface area contributed by atoms with Crippen LogP contribution in [-0.4, -0.2) is 28.9 Å². The lowest BCUT2D eigenvalue weighted by atomic mass is 9.82. The minimum Gasteiger partial charge on any atom is -0.397 e. The number of likely N-dealkylation sites (tertiary alicyclic amines) is 1. The minimum absolute atomic E-state index is 0. The smallest absolute Gasteiger partial charge is 0.228 e. The predicted molar refractivity (Wildman–Crippen MR) is 81.6 cm³/mol. The molecule has 2 fully saturated rings. The number of nitrogens with zero attached hydrogens (tertiary/aromatic N) is 2. The molecule has 1 amide bonds. The molecule has 20 heavy (non-hydrogen) atoms. The quantitative estimate of drug-likeness (QED) is 0.910. The van der Waals surface area contributed by atoms with Crippen LogP contribution in [0.15, 0.2) is 18.3 Å². The van der Waals surface area contributed by atoms with Crippen molar-refractivity contribution in [2.75, 3.05) is 18.8 Å². The number of halogens is 1. The summed E-state index contributed by atoms with van der Waals surface area (Å²) in [6.45, 7) is 1.91. The zero-order valence-electron chi connectivity index (χ0n) is 11.6. The molecule has 2 N–H and O–H groups in total. The summed E-state index contributed by atoms with van der Waals surface area (Å²) in [5.41, 5.74) is 7.06. The maximum atomic E-state index is 12.3. The van der Waals surface area contributed by atoms with Crippen molar-refractivity contribution in [2.24, 2.45) is 11.8 Å². The van der Waals surface area contributed by atoms with E-state index in [0.717, 1.165) is 30.6 Å². The predicted octanol–water partition coefficient (Wildman–Crippen LogP) is 2.28. The molecule has 1 aliphatic carbocycles. The molecule has 5 heteroatoms. The SMILES string of the molecule is Cl.Nc1ccc(CC(=O)N2CC3CCCCC3C2)nc1. The first-order valence-electron chi connectivity index (χ1n) is 7.20. The Morgan fingerprint density at radius 1 is 1.25 bits per heavy atom. The fraction of sp³-hybridized carbons (Fsp3) is 0.600. The van der Waals surface area contributed by atoms with Gasteiger partial charge in [-0.05, 0) is 36.8 Å². The normalized spacial score (nSPS) is 24.9. The van der Waals surface area contributed by atoms with E-state index >= 15 is 0 Å². The third-order valence-corrected chi connectivity index (χ3v) is 4.51. The van der Waals surface area contributed by atoms with Crippen molar-refractivity contribution in [3.05, 3.63) is 24.0 Å². The van der Waals surface area contributed by atoms with Gasteiger partial charge in [0, 0.05) is 18.8 Å². The Kier molecular flexibility index (Phi) is 4.86. The van der Waals surface area contributed by atoms with Crippen molar-refractivity contribution in [3.8, 4) is 0 Å². The van der Waals surface area contributed by atoms with E-state index in [-0.39, 0.29) is 18.3 Å². The largest absolute Gasteiger partial charge is 0.397 e. The van der Waals surface area contributed by atoms with Gasteiger partial charge < -0.3 is 10.6 Å². The van der Waals surface area contributed by atoms with Gasteiger partial charge in [-0.15, -0.1) is 12.4 Å². The second-order valence-electron chi connectivity index (χ2n) is 5.86. The zero-order valence-corrected chi connectivity index (χ0v) is 12.4. The second-order valence-corrected chi connectivity index (χ2v) is 5.86. The van der Waals surface area contributed by atoms with E-state index in [0.29, 0.717) is 12.1 Å². The van der Waals surface area contributed by atoms with Crippen molar-refractivity contribution in [1.82, 2.24) is 9.88 Å². The van der Waals surface area contributed by atoms with E-state index in [4.69, 9.17) is 5.73 Å². The Hall–Kier alpha value is -1.29. The van der Waals surface area contributed by atoms with Gasteiger partial charge in [-0.3, -0.25) is 9.78 Å². The number of hydrogen-bond donors (Lipinski definition) is 1. The molecule has 0 radical (unpaired) electrons. The third-order valence-electron chi connectivity index (χ3n) is 4.51. The van der Waals surface area contributed by atoms with Gasteiger partial charge in [0.2, 0.25) is 5.91 Å². The number of carbonyl (C=O) groups is 1. The van der Waals surface area contributed by atoms with Crippen LogP contribution in [0.3, 0.4) is 0 Å². The fourth-order valence-corrected chi connectivity index (χ4v) is 3.42. The highest BCUT2D eigenvalue weighted by molar-refractivity contribution is 5.85. The Balaban J connectivity index is 0.00000147. The molecule has 0 bridgehead atoms. The standard InChI is InChI=1S/C15H21N3O.ClH/c16-13-5-6-14(17-8-13)7-15(19)18-9-11-3-1-2-4-12(11)10-18;/h5-6,8,11-12H,1-4,7,9-10,16H2;1H. The molecule has 0 aromatic carbocycles. The van der Waals surface area contributed by atoms with Crippen molar-refractivity contribution in [3.63, 3.8) is 0 Å². The molecule has 2 unspecified atom stereocenters. The number of amides is 1. The lowest BCUT2D eigenvalue weighted by molar-refractivity contribution is -0.129. The number of anilines is 1. The highest BCUT2D eigenvalue weighted by Crippen LogP contribution is 2.36. The van der Waals surface area contributed by atoms with Crippen LogP contribution < -0.4 is 5.73 Å². The van der Waals surface area contributed by atoms with Crippen molar-refractivity contribution >= 4 is 24.0 Å². The van der Waals surface area contributed by atoms with Gasteiger partial charge in [-0.25, -0.2) is 0 Å². The van der Waals surface area contributed by atoms with Gasteiger partial charge in [-0.2, -0.15) is 0 Å². The first-order chi connectivity index (χ1) is 9.22. The van der Waals surface area contributed by atoms with E-state index in [1.165, 1.54) is 25.7 Å². The van der Waals surface area contributed by atoms with Crippen LogP contribution in [0.25, 0.3) is 0 Å². The van der Waals surface area contributed by atoms with Crippen molar-refractivity contribution < 1.29 is 4.79 Å². The summed E-state index contributed by atoms with van der Waals surface area (Å²) in [6.07, 6.45) is 7.29. The molecule has 2 atom stereocenters.